The molecule has 0 atom stereocenters. The summed E-state index contributed by atoms with van der Waals surface area (Å²) in [6, 6.07) is 3.98. The first kappa shape index (κ1) is 12.7. The van der Waals surface area contributed by atoms with Gasteiger partial charge in [0, 0.05) is 9.75 Å². The van der Waals surface area contributed by atoms with Crippen molar-refractivity contribution in [3.8, 4) is 0 Å². The number of nitrogens with one attached hydrogen (secondary N) is 1. The second-order valence-electron chi connectivity index (χ2n) is 3.12. The van der Waals surface area contributed by atoms with Gasteiger partial charge in [0.2, 0.25) is 0 Å². The average Bonchev–Trinajstić information content (AvgIpc) is 2.74. The third-order valence-corrected chi connectivity index (χ3v) is 3.18. The van der Waals surface area contributed by atoms with Gasteiger partial charge in [-0.15, -0.1) is 11.3 Å². The first-order valence-electron chi connectivity index (χ1n) is 5.19. The Hall–Kier alpha value is -1.36. The second-order valence-corrected chi connectivity index (χ2v) is 4.38. The van der Waals surface area contributed by atoms with E-state index in [9.17, 15) is 9.59 Å². The van der Waals surface area contributed by atoms with Crippen molar-refractivity contribution in [1.82, 2.24) is 5.32 Å². The van der Waals surface area contributed by atoms with E-state index in [0.29, 0.717) is 6.54 Å². The van der Waals surface area contributed by atoms with Gasteiger partial charge in [-0.25, -0.2) is 4.79 Å². The predicted molar refractivity (Wildman–Crippen MR) is 62.2 cm³/mol. The maximum absolute atomic E-state index is 11.2. The van der Waals surface area contributed by atoms with Crippen molar-refractivity contribution in [1.29, 1.82) is 0 Å². The van der Waals surface area contributed by atoms with Gasteiger partial charge in [0.1, 0.15) is 0 Å². The predicted octanol–water partition coefficient (Wildman–Crippen LogP) is 1.49. The molecule has 0 bridgehead atoms. The van der Waals surface area contributed by atoms with Crippen molar-refractivity contribution >= 4 is 23.2 Å². The molecule has 0 aromatic carbocycles. The zero-order valence-electron chi connectivity index (χ0n) is 9.41. The highest BCUT2D eigenvalue weighted by molar-refractivity contribution is 7.11. The van der Waals surface area contributed by atoms with Crippen LogP contribution in [0.4, 0.5) is 0 Å². The van der Waals surface area contributed by atoms with E-state index < -0.39 is 11.9 Å². The summed E-state index contributed by atoms with van der Waals surface area (Å²) in [5.74, 6) is -1.51. The molecule has 5 heteroatoms. The molecule has 16 heavy (non-hydrogen) atoms. The molecular weight excluding hydrogens is 226 g/mol. The van der Waals surface area contributed by atoms with Gasteiger partial charge in [0.25, 0.3) is 0 Å². The number of esters is 1. The van der Waals surface area contributed by atoms with Crippen molar-refractivity contribution in [2.45, 2.75) is 26.8 Å². The summed E-state index contributed by atoms with van der Waals surface area (Å²) in [6.45, 7) is 4.33. The second kappa shape index (κ2) is 6.27. The molecule has 1 amide bonds. The summed E-state index contributed by atoms with van der Waals surface area (Å²) < 4.78 is 4.57. The molecule has 0 aliphatic rings. The first-order valence-corrected chi connectivity index (χ1v) is 6.01. The number of carbonyl (C=O) groups is 2. The van der Waals surface area contributed by atoms with Gasteiger partial charge in [-0.3, -0.25) is 4.79 Å². The highest BCUT2D eigenvalue weighted by Gasteiger charge is 2.13. The van der Waals surface area contributed by atoms with Crippen LogP contribution < -0.4 is 5.32 Å². The summed E-state index contributed by atoms with van der Waals surface area (Å²) in [5.41, 5.74) is 0. The molecule has 0 saturated heterocycles. The lowest BCUT2D eigenvalue weighted by Gasteiger charge is -2.02. The Kier molecular flexibility index (Phi) is 4.98. The van der Waals surface area contributed by atoms with Gasteiger partial charge in [-0.1, -0.05) is 6.92 Å². The van der Waals surface area contributed by atoms with Crippen LogP contribution in [0.3, 0.4) is 0 Å². The van der Waals surface area contributed by atoms with E-state index in [1.54, 1.807) is 18.3 Å². The van der Waals surface area contributed by atoms with Gasteiger partial charge in [-0.2, -0.15) is 0 Å². The Morgan fingerprint density at radius 1 is 1.31 bits per heavy atom. The fourth-order valence-corrected chi connectivity index (χ4v) is 2.04. The molecule has 1 heterocycles. The fourth-order valence-electron chi connectivity index (χ4n) is 1.14. The third-order valence-electron chi connectivity index (χ3n) is 1.95. The number of ether oxygens (including phenoxy) is 1. The van der Waals surface area contributed by atoms with Gasteiger partial charge in [0.15, 0.2) is 0 Å². The van der Waals surface area contributed by atoms with Crippen LogP contribution >= 0.6 is 11.3 Å². The first-order chi connectivity index (χ1) is 7.67. The maximum atomic E-state index is 11.2. The highest BCUT2D eigenvalue weighted by Crippen LogP contribution is 2.16. The monoisotopic (exact) mass is 241 g/mol. The van der Waals surface area contributed by atoms with Crippen LogP contribution in [-0.4, -0.2) is 18.5 Å². The number of hydrogen-bond donors (Lipinski definition) is 1. The molecule has 1 aromatic rings. The van der Waals surface area contributed by atoms with Crippen LogP contribution in [0.25, 0.3) is 0 Å². The van der Waals surface area contributed by atoms with Gasteiger partial charge in [-0.05, 0) is 25.5 Å². The van der Waals surface area contributed by atoms with Gasteiger partial charge in [0.05, 0.1) is 13.2 Å². The number of carbonyl (C=O) groups excluding carboxylic acids is 2. The minimum atomic E-state index is -0.824. The highest BCUT2D eigenvalue weighted by atomic mass is 32.1. The molecule has 1 rings (SSSR count). The van der Waals surface area contributed by atoms with Crippen molar-refractivity contribution < 1.29 is 14.3 Å². The Balaban J connectivity index is 2.39. The van der Waals surface area contributed by atoms with Crippen molar-refractivity contribution in [2.75, 3.05) is 6.61 Å². The smallest absolute Gasteiger partial charge is 0.396 e. The summed E-state index contributed by atoms with van der Waals surface area (Å²) >= 11 is 1.63. The normalized spacial score (nSPS) is 9.88. The molecule has 1 N–H and O–H groups in total. The van der Waals surface area contributed by atoms with E-state index in [-0.39, 0.29) is 6.61 Å². The number of aryl methyl sites for hydroxylation is 1. The lowest BCUT2D eigenvalue weighted by Crippen LogP contribution is -2.31. The molecule has 0 spiro atoms. The fraction of sp³-hybridized carbons (Fsp3) is 0.455. The van der Waals surface area contributed by atoms with Crippen molar-refractivity contribution in [3.63, 3.8) is 0 Å². The molecule has 0 radical (unpaired) electrons. The maximum Gasteiger partial charge on any atom is 0.396 e. The van der Waals surface area contributed by atoms with Crippen LogP contribution in [0.15, 0.2) is 12.1 Å². The van der Waals surface area contributed by atoms with E-state index in [0.717, 1.165) is 11.3 Å². The van der Waals surface area contributed by atoms with Crippen LogP contribution in [0.2, 0.25) is 0 Å². The number of amides is 1. The summed E-state index contributed by atoms with van der Waals surface area (Å²) in [7, 11) is 0. The Morgan fingerprint density at radius 3 is 2.56 bits per heavy atom. The molecule has 0 fully saturated rings. The number of hydrogen-bond acceptors (Lipinski definition) is 4. The Labute approximate surface area is 98.6 Å². The molecule has 0 saturated carbocycles. The van der Waals surface area contributed by atoms with Crippen LogP contribution in [0.5, 0.6) is 0 Å². The lowest BCUT2D eigenvalue weighted by molar-refractivity contribution is -0.154. The minimum absolute atomic E-state index is 0.214. The summed E-state index contributed by atoms with van der Waals surface area (Å²) in [5, 5.41) is 2.52. The minimum Gasteiger partial charge on any atom is -0.459 e. The molecule has 0 aliphatic heterocycles. The third kappa shape index (κ3) is 3.66. The van der Waals surface area contributed by atoms with Crippen molar-refractivity contribution in [3.05, 3.63) is 21.9 Å². The van der Waals surface area contributed by atoms with E-state index in [2.05, 4.69) is 17.0 Å². The SMILES string of the molecule is CCOC(=O)C(=O)NCc1ccc(CC)s1. The quantitative estimate of drug-likeness (QED) is 0.642. The standard InChI is InChI=1S/C11H15NO3S/c1-3-8-5-6-9(16-8)7-12-10(13)11(14)15-4-2/h5-6H,3-4,7H2,1-2H3,(H,12,13). The van der Waals surface area contributed by atoms with E-state index in [4.69, 9.17) is 0 Å². The average molecular weight is 241 g/mol. The molecular formula is C11H15NO3S. The van der Waals surface area contributed by atoms with E-state index >= 15 is 0 Å². The number of thiophene rings is 1. The zero-order chi connectivity index (χ0) is 12.0. The van der Waals surface area contributed by atoms with Crippen LogP contribution in [0.1, 0.15) is 23.6 Å². The largest absolute Gasteiger partial charge is 0.459 e. The zero-order valence-corrected chi connectivity index (χ0v) is 10.2. The lowest BCUT2D eigenvalue weighted by atomic mass is 10.3. The van der Waals surface area contributed by atoms with Gasteiger partial charge >= 0.3 is 11.9 Å². The Bertz CT molecular complexity index is 373. The molecule has 0 aliphatic carbocycles. The summed E-state index contributed by atoms with van der Waals surface area (Å²) in [6.07, 6.45) is 0.983. The van der Waals surface area contributed by atoms with E-state index in [1.807, 2.05) is 12.1 Å². The molecule has 1 aromatic heterocycles. The van der Waals surface area contributed by atoms with Crippen LogP contribution in [0, 0.1) is 0 Å². The molecule has 0 unspecified atom stereocenters. The topological polar surface area (TPSA) is 55.4 Å². The van der Waals surface area contributed by atoms with Gasteiger partial charge < -0.3 is 10.1 Å². The van der Waals surface area contributed by atoms with E-state index in [1.165, 1.54) is 4.88 Å². The summed E-state index contributed by atoms with van der Waals surface area (Å²) in [4.78, 5) is 24.5. The number of rotatable bonds is 4. The molecule has 88 valence electrons. The molecule has 4 nitrogen and oxygen atoms in total. The van der Waals surface area contributed by atoms with Crippen LogP contribution in [-0.2, 0) is 27.3 Å². The Morgan fingerprint density at radius 2 is 2.00 bits per heavy atom. The van der Waals surface area contributed by atoms with Crippen molar-refractivity contribution in [2.24, 2.45) is 0 Å².